The quantitative estimate of drug-likeness (QED) is 0.857. The number of aromatic nitrogens is 2. The van der Waals surface area contributed by atoms with E-state index in [4.69, 9.17) is 4.98 Å². The molecule has 2 heterocycles. The molecule has 0 bridgehead atoms. The highest BCUT2D eigenvalue weighted by molar-refractivity contribution is 7.15. The summed E-state index contributed by atoms with van der Waals surface area (Å²) in [7, 11) is 1.98. The topological polar surface area (TPSA) is 52.8 Å². The maximum Gasteiger partial charge on any atom is 0.195 e. The molecule has 0 atom stereocenters. The van der Waals surface area contributed by atoms with Crippen LogP contribution in [-0.2, 0) is 6.54 Å². The highest BCUT2D eigenvalue weighted by Gasteiger charge is 2.21. The van der Waals surface area contributed by atoms with Crippen LogP contribution in [0, 0.1) is 0 Å². The van der Waals surface area contributed by atoms with E-state index in [1.54, 1.807) is 11.3 Å². The number of hydrogen-bond donors (Lipinski definition) is 2. The molecule has 0 spiro atoms. The first-order valence-corrected chi connectivity index (χ1v) is 7.77. The molecule has 0 aliphatic rings. The predicted octanol–water partition coefficient (Wildman–Crippen LogP) is 2.10. The van der Waals surface area contributed by atoms with Crippen LogP contribution in [0.2, 0.25) is 0 Å². The van der Waals surface area contributed by atoms with Crippen molar-refractivity contribution in [2.75, 3.05) is 18.5 Å². The fraction of sp³-hybridized carbons (Fsp3) is 0.643. The molecule has 20 heavy (non-hydrogen) atoms. The van der Waals surface area contributed by atoms with Crippen LogP contribution in [0.3, 0.4) is 0 Å². The van der Waals surface area contributed by atoms with Crippen LogP contribution in [0.1, 0.15) is 33.4 Å². The normalized spacial score (nSPS) is 12.6. The number of imidazole rings is 1. The zero-order valence-corrected chi connectivity index (χ0v) is 13.7. The van der Waals surface area contributed by atoms with Crippen molar-refractivity contribution in [2.45, 2.75) is 45.9 Å². The molecule has 0 aliphatic carbocycles. The maximum absolute atomic E-state index is 9.99. The van der Waals surface area contributed by atoms with Gasteiger partial charge in [-0.3, -0.25) is 4.40 Å². The minimum absolute atomic E-state index is 0.423. The molecule has 0 aliphatic heterocycles. The summed E-state index contributed by atoms with van der Waals surface area (Å²) in [5, 5.41) is 15.5. The van der Waals surface area contributed by atoms with Crippen molar-refractivity contribution < 1.29 is 5.11 Å². The Balaban J connectivity index is 2.31. The van der Waals surface area contributed by atoms with Gasteiger partial charge in [0.2, 0.25) is 0 Å². The van der Waals surface area contributed by atoms with E-state index in [1.165, 1.54) is 0 Å². The van der Waals surface area contributed by atoms with Crippen molar-refractivity contribution in [2.24, 2.45) is 0 Å². The highest BCUT2D eigenvalue weighted by Crippen LogP contribution is 2.25. The van der Waals surface area contributed by atoms with E-state index >= 15 is 0 Å². The Morgan fingerprint density at radius 2 is 2.20 bits per heavy atom. The lowest BCUT2D eigenvalue weighted by molar-refractivity contribution is 0.0884. The van der Waals surface area contributed by atoms with Crippen molar-refractivity contribution in [1.82, 2.24) is 14.7 Å². The van der Waals surface area contributed by atoms with Crippen LogP contribution in [0.15, 0.2) is 11.6 Å². The van der Waals surface area contributed by atoms with E-state index in [0.717, 1.165) is 23.0 Å². The molecule has 5 nitrogen and oxygen atoms in total. The van der Waals surface area contributed by atoms with Gasteiger partial charge in [-0.25, -0.2) is 4.98 Å². The Kier molecular flexibility index (Phi) is 4.36. The zero-order valence-electron chi connectivity index (χ0n) is 12.8. The minimum Gasteiger partial charge on any atom is -0.389 e. The number of likely N-dealkylation sites (N-methyl/N-ethyl adjacent to an activating group) is 1. The van der Waals surface area contributed by atoms with Gasteiger partial charge in [-0.2, -0.15) is 0 Å². The number of anilines is 1. The van der Waals surface area contributed by atoms with Crippen LogP contribution < -0.4 is 10.2 Å². The molecular weight excluding hydrogens is 272 g/mol. The third-order valence-corrected chi connectivity index (χ3v) is 3.76. The molecule has 0 amide bonds. The summed E-state index contributed by atoms with van der Waals surface area (Å²) >= 11 is 1.63. The number of fused-ring (bicyclic) bond motifs is 1. The first-order valence-electron chi connectivity index (χ1n) is 6.89. The molecule has 0 saturated heterocycles. The smallest absolute Gasteiger partial charge is 0.195 e. The number of aliphatic hydroxyl groups is 1. The van der Waals surface area contributed by atoms with E-state index in [-0.39, 0.29) is 0 Å². The monoisotopic (exact) mass is 296 g/mol. The molecule has 2 aromatic rings. The summed E-state index contributed by atoms with van der Waals surface area (Å²) in [6, 6.07) is 0.423. The Hall–Kier alpha value is -1.11. The maximum atomic E-state index is 9.99. The summed E-state index contributed by atoms with van der Waals surface area (Å²) in [6.07, 6.45) is 2.05. The van der Waals surface area contributed by atoms with Crippen LogP contribution >= 0.6 is 11.3 Å². The van der Waals surface area contributed by atoms with E-state index in [2.05, 4.69) is 23.6 Å². The van der Waals surface area contributed by atoms with Crippen LogP contribution in [0.4, 0.5) is 5.82 Å². The average Bonchev–Trinajstić information content (AvgIpc) is 2.83. The third-order valence-electron chi connectivity index (χ3n) is 3.00. The third kappa shape index (κ3) is 3.50. The molecule has 2 aromatic heterocycles. The Morgan fingerprint density at radius 3 is 2.80 bits per heavy atom. The van der Waals surface area contributed by atoms with E-state index < -0.39 is 5.60 Å². The first-order chi connectivity index (χ1) is 9.28. The second-order valence-corrected chi connectivity index (χ2v) is 7.01. The number of nitrogens with one attached hydrogen (secondary N) is 1. The molecule has 0 fully saturated rings. The second-order valence-electron chi connectivity index (χ2n) is 6.14. The lowest BCUT2D eigenvalue weighted by Crippen LogP contribution is -2.37. The number of nitrogens with zero attached hydrogens (tertiary/aromatic N) is 3. The molecule has 2 rings (SSSR count). The second kappa shape index (κ2) is 5.71. The molecule has 2 N–H and O–H groups in total. The fourth-order valence-corrected chi connectivity index (χ4v) is 2.98. The van der Waals surface area contributed by atoms with Gasteiger partial charge in [-0.05, 0) is 13.8 Å². The van der Waals surface area contributed by atoms with Crippen molar-refractivity contribution in [3.63, 3.8) is 0 Å². The van der Waals surface area contributed by atoms with E-state index in [9.17, 15) is 5.11 Å². The van der Waals surface area contributed by atoms with Crippen LogP contribution in [0.25, 0.3) is 4.96 Å². The summed E-state index contributed by atoms with van der Waals surface area (Å²) in [5.41, 5.74) is 0.399. The van der Waals surface area contributed by atoms with E-state index in [0.29, 0.717) is 12.6 Å². The molecule has 0 unspecified atom stereocenters. The van der Waals surface area contributed by atoms with Crippen molar-refractivity contribution >= 4 is 22.1 Å². The molecule has 112 valence electrons. The van der Waals surface area contributed by atoms with Crippen molar-refractivity contribution in [3.05, 3.63) is 17.3 Å². The summed E-state index contributed by atoms with van der Waals surface area (Å²) < 4.78 is 2.12. The van der Waals surface area contributed by atoms with Gasteiger partial charge in [0.25, 0.3) is 0 Å². The van der Waals surface area contributed by atoms with Crippen LogP contribution in [-0.4, -0.2) is 39.7 Å². The Bertz CT molecular complexity index is 567. The lowest BCUT2D eigenvalue weighted by Gasteiger charge is -2.26. The average molecular weight is 296 g/mol. The van der Waals surface area contributed by atoms with Crippen molar-refractivity contribution in [3.8, 4) is 0 Å². The highest BCUT2D eigenvalue weighted by atomic mass is 32.1. The van der Waals surface area contributed by atoms with Gasteiger partial charge in [-0.15, -0.1) is 11.3 Å². The van der Waals surface area contributed by atoms with Gasteiger partial charge < -0.3 is 15.3 Å². The largest absolute Gasteiger partial charge is 0.389 e. The summed E-state index contributed by atoms with van der Waals surface area (Å²) in [6.45, 7) is 9.20. The molecule has 0 aromatic carbocycles. The van der Waals surface area contributed by atoms with Crippen molar-refractivity contribution in [1.29, 1.82) is 0 Å². The van der Waals surface area contributed by atoms with Gasteiger partial charge in [-0.1, -0.05) is 13.8 Å². The Morgan fingerprint density at radius 1 is 1.50 bits per heavy atom. The van der Waals surface area contributed by atoms with E-state index in [1.807, 2.05) is 37.4 Å². The van der Waals surface area contributed by atoms with Gasteiger partial charge in [0.05, 0.1) is 11.3 Å². The molecular formula is C14H24N4OS. The molecule has 6 heteroatoms. The summed E-state index contributed by atoms with van der Waals surface area (Å²) in [4.78, 5) is 7.70. The lowest BCUT2D eigenvalue weighted by atomic mass is 10.1. The number of thiazole rings is 1. The van der Waals surface area contributed by atoms with Gasteiger partial charge in [0, 0.05) is 37.8 Å². The molecule has 0 saturated carbocycles. The SMILES string of the molecule is CC(C)NCc1c(N(C)CC(C)(C)O)nc2sccn12. The molecule has 0 radical (unpaired) electrons. The van der Waals surface area contributed by atoms with Gasteiger partial charge >= 0.3 is 0 Å². The Labute approximate surface area is 124 Å². The standard InChI is InChI=1S/C14H24N4OS/c1-10(2)15-8-11-12(17(5)9-14(3,4)19)16-13-18(11)6-7-20-13/h6-7,10,15,19H,8-9H2,1-5H3. The summed E-state index contributed by atoms with van der Waals surface area (Å²) in [5.74, 6) is 0.937. The number of hydrogen-bond acceptors (Lipinski definition) is 5. The minimum atomic E-state index is -0.742. The fourth-order valence-electron chi connectivity index (χ4n) is 2.25. The van der Waals surface area contributed by atoms with Gasteiger partial charge in [0.1, 0.15) is 0 Å². The van der Waals surface area contributed by atoms with Gasteiger partial charge in [0.15, 0.2) is 10.8 Å². The zero-order chi connectivity index (χ0) is 14.9. The van der Waals surface area contributed by atoms with Crippen LogP contribution in [0.5, 0.6) is 0 Å². The first kappa shape index (κ1) is 15.3. The predicted molar refractivity (Wildman–Crippen MR) is 84.6 cm³/mol. The number of rotatable bonds is 6.